The number of rotatable bonds is 6. The molecule has 0 saturated carbocycles. The van der Waals surface area contributed by atoms with Gasteiger partial charge in [0.2, 0.25) is 5.78 Å². The number of aliphatic hydroxyl groups excluding tert-OH is 1. The van der Waals surface area contributed by atoms with Crippen LogP contribution in [0, 0.1) is 0 Å². The number of hydrogen-bond donors (Lipinski definition) is 4. The number of Topliss-reactive ketones (excluding diaryl/α,β-unsaturated/α-hetero) is 1. The fraction of sp³-hybridized carbons (Fsp3) is 0.484. The Hall–Kier alpha value is -4.08. The van der Waals surface area contributed by atoms with Crippen LogP contribution in [0.2, 0.25) is 0 Å². The molecule has 45 heavy (non-hydrogen) atoms. The quantitative estimate of drug-likeness (QED) is 0.287. The van der Waals surface area contributed by atoms with Crippen molar-refractivity contribution in [1.29, 1.82) is 0 Å². The van der Waals surface area contributed by atoms with Crippen LogP contribution in [-0.4, -0.2) is 106 Å². The van der Waals surface area contributed by atoms with Crippen molar-refractivity contribution in [3.05, 3.63) is 51.6 Å². The topological polar surface area (TPSA) is 199 Å². The number of methoxy groups -OCH3 is 1. The van der Waals surface area contributed by atoms with Gasteiger partial charge >= 0.3 is 6.09 Å². The summed E-state index contributed by atoms with van der Waals surface area (Å²) in [7, 11) is 1.32. The zero-order valence-corrected chi connectivity index (χ0v) is 24.8. The molecule has 2 saturated heterocycles. The lowest BCUT2D eigenvalue weighted by atomic mass is 9.72. The molecule has 2 fully saturated rings. The predicted octanol–water partition coefficient (Wildman–Crippen LogP) is 1.50. The Morgan fingerprint density at radius 2 is 1.84 bits per heavy atom. The maximum Gasteiger partial charge on any atom is 0.411 e. The van der Waals surface area contributed by atoms with Gasteiger partial charge in [-0.3, -0.25) is 19.3 Å². The largest absolute Gasteiger partial charge is 0.507 e. The zero-order valence-electron chi connectivity index (χ0n) is 24.8. The molecule has 1 amide bonds. The molecule has 0 unspecified atom stereocenters. The van der Waals surface area contributed by atoms with E-state index in [2.05, 4.69) is 0 Å². The molecule has 0 spiro atoms. The average Bonchev–Trinajstić information content (AvgIpc) is 3.45. The van der Waals surface area contributed by atoms with E-state index < -0.39 is 102 Å². The molecule has 0 bridgehead atoms. The summed E-state index contributed by atoms with van der Waals surface area (Å²) in [4.78, 5) is 54.3. The highest BCUT2D eigenvalue weighted by Crippen LogP contribution is 2.52. The van der Waals surface area contributed by atoms with Crippen LogP contribution in [0.3, 0.4) is 0 Å². The highest BCUT2D eigenvalue weighted by Gasteiger charge is 2.52. The number of carbonyl (C=O) groups is 4. The summed E-state index contributed by atoms with van der Waals surface area (Å²) >= 11 is 0. The molecule has 0 aromatic heterocycles. The Morgan fingerprint density at radius 1 is 1.11 bits per heavy atom. The van der Waals surface area contributed by atoms with Gasteiger partial charge in [0.25, 0.3) is 0 Å². The fourth-order valence-corrected chi connectivity index (χ4v) is 6.89. The van der Waals surface area contributed by atoms with E-state index in [1.165, 1.54) is 30.2 Å². The Balaban J connectivity index is 1.44. The second-order valence-corrected chi connectivity index (χ2v) is 11.5. The molecular formula is C31H33NO13. The van der Waals surface area contributed by atoms with Gasteiger partial charge in [-0.1, -0.05) is 12.1 Å². The number of phenolic OH excluding ortho intramolecular Hbond substituents is 2. The van der Waals surface area contributed by atoms with E-state index in [1.807, 2.05) is 0 Å². The maximum absolute atomic E-state index is 13.8. The lowest BCUT2D eigenvalue weighted by Crippen LogP contribution is -2.52. The number of phenols is 2. The van der Waals surface area contributed by atoms with Crippen LogP contribution >= 0.6 is 0 Å². The summed E-state index contributed by atoms with van der Waals surface area (Å²) in [6.45, 7) is 2.48. The number of ketones is 3. The first-order valence-corrected chi connectivity index (χ1v) is 14.5. The third-order valence-corrected chi connectivity index (χ3v) is 9.01. The molecule has 14 heteroatoms. The van der Waals surface area contributed by atoms with Gasteiger partial charge in [0.1, 0.15) is 42.3 Å². The Kier molecular flexibility index (Phi) is 7.82. The van der Waals surface area contributed by atoms with E-state index in [-0.39, 0.29) is 47.8 Å². The number of fused-ring (bicyclic) bond motifs is 4. The van der Waals surface area contributed by atoms with Gasteiger partial charge in [-0.25, -0.2) is 4.79 Å². The Labute approximate surface area is 257 Å². The van der Waals surface area contributed by atoms with Crippen molar-refractivity contribution >= 4 is 23.4 Å². The van der Waals surface area contributed by atoms with Crippen molar-refractivity contribution in [2.75, 3.05) is 27.1 Å². The molecule has 2 heterocycles. The monoisotopic (exact) mass is 627 g/mol. The lowest BCUT2D eigenvalue weighted by molar-refractivity contribution is -0.246. The number of aromatic hydroxyl groups is 2. The summed E-state index contributed by atoms with van der Waals surface area (Å²) in [5.74, 6) is -3.82. The van der Waals surface area contributed by atoms with Crippen molar-refractivity contribution in [3.63, 3.8) is 0 Å². The third kappa shape index (κ3) is 4.75. The molecule has 14 nitrogen and oxygen atoms in total. The second-order valence-electron chi connectivity index (χ2n) is 11.5. The molecule has 240 valence electrons. The SMILES string of the molecule is CCOC(=O)N1CO[C@@H]2[C@H](C)O[C@@H](O[C@H]3C[C@](O)(C(=O)CO)Cc4c(O)c5c(c(O)c43)C(=O)c3c(OC)cccc3C5=O)C[C@@H]21. The average molecular weight is 628 g/mol. The summed E-state index contributed by atoms with van der Waals surface area (Å²) in [6, 6.07) is 3.85. The van der Waals surface area contributed by atoms with Crippen molar-refractivity contribution in [3.8, 4) is 17.2 Å². The first-order chi connectivity index (χ1) is 21.4. The number of benzene rings is 2. The Morgan fingerprint density at radius 3 is 2.53 bits per heavy atom. The maximum atomic E-state index is 13.8. The van der Waals surface area contributed by atoms with Gasteiger partial charge in [-0.05, 0) is 19.9 Å². The molecule has 4 aliphatic rings. The van der Waals surface area contributed by atoms with Gasteiger partial charge in [0.05, 0.1) is 48.7 Å². The molecule has 0 radical (unpaired) electrons. The lowest BCUT2D eigenvalue weighted by Gasteiger charge is -2.42. The first kappa shape index (κ1) is 30.9. The van der Waals surface area contributed by atoms with Crippen molar-refractivity contribution in [2.45, 2.75) is 69.4 Å². The van der Waals surface area contributed by atoms with E-state index in [1.54, 1.807) is 13.8 Å². The third-order valence-electron chi connectivity index (χ3n) is 9.01. The molecule has 6 atom stereocenters. The summed E-state index contributed by atoms with van der Waals surface area (Å²) < 4.78 is 28.5. The molecule has 6 rings (SSSR count). The van der Waals surface area contributed by atoms with E-state index in [0.717, 1.165) is 0 Å². The molecule has 2 aromatic carbocycles. The van der Waals surface area contributed by atoms with E-state index in [9.17, 15) is 39.6 Å². The summed E-state index contributed by atoms with van der Waals surface area (Å²) in [5.41, 5.74) is -3.71. The molecule has 4 N–H and O–H groups in total. The van der Waals surface area contributed by atoms with E-state index in [0.29, 0.717) is 0 Å². The molecule has 2 aliphatic carbocycles. The van der Waals surface area contributed by atoms with Gasteiger partial charge in [-0.2, -0.15) is 0 Å². The highest BCUT2D eigenvalue weighted by molar-refractivity contribution is 6.31. The van der Waals surface area contributed by atoms with Gasteiger partial charge < -0.3 is 44.1 Å². The predicted molar refractivity (Wildman–Crippen MR) is 150 cm³/mol. The smallest absolute Gasteiger partial charge is 0.411 e. The van der Waals surface area contributed by atoms with Crippen LogP contribution in [0.4, 0.5) is 4.79 Å². The normalized spacial score (nSPS) is 28.6. The molecule has 2 aromatic rings. The van der Waals surface area contributed by atoms with Gasteiger partial charge in [0.15, 0.2) is 17.9 Å². The minimum Gasteiger partial charge on any atom is -0.507 e. The minimum atomic E-state index is -2.27. The van der Waals surface area contributed by atoms with Gasteiger partial charge in [-0.15, -0.1) is 0 Å². The zero-order chi connectivity index (χ0) is 32.4. The van der Waals surface area contributed by atoms with Crippen molar-refractivity contribution in [2.24, 2.45) is 0 Å². The minimum absolute atomic E-state index is 0.0343. The van der Waals surface area contributed by atoms with Crippen LogP contribution in [0.15, 0.2) is 18.2 Å². The van der Waals surface area contributed by atoms with Crippen molar-refractivity contribution in [1.82, 2.24) is 4.90 Å². The number of hydrogen-bond acceptors (Lipinski definition) is 13. The molecular weight excluding hydrogens is 594 g/mol. The Bertz CT molecular complexity index is 1600. The number of amides is 1. The van der Waals surface area contributed by atoms with Crippen LogP contribution in [-0.2, 0) is 30.2 Å². The second kappa shape index (κ2) is 11.4. The number of carbonyl (C=O) groups excluding carboxylic acids is 4. The summed E-state index contributed by atoms with van der Waals surface area (Å²) in [5, 5.41) is 44.3. The number of ether oxygens (including phenoxy) is 5. The first-order valence-electron chi connectivity index (χ1n) is 14.5. The fourth-order valence-electron chi connectivity index (χ4n) is 6.89. The standard InChI is InChI=1S/C31H33NO13/c1-4-42-30(39)32-12-43-29-13(2)44-20(8-16(29)32)45-18-10-31(40,19(34)11-33)9-15-22(18)28(38)24-23(26(15)36)25(35)14-6-5-7-17(41-3)21(14)27(24)37/h5-7,13,16,18,20,29,33,36,38,40H,4,8-12H2,1-3H3/t13-,16-,18-,20-,29+,31-/m0/s1. The van der Waals surface area contributed by atoms with Gasteiger partial charge in [0, 0.05) is 36.0 Å². The van der Waals surface area contributed by atoms with Crippen LogP contribution < -0.4 is 4.74 Å². The highest BCUT2D eigenvalue weighted by atomic mass is 16.7. The van der Waals surface area contributed by atoms with Crippen molar-refractivity contribution < 1.29 is 63.3 Å². The van der Waals surface area contributed by atoms with E-state index >= 15 is 0 Å². The van der Waals surface area contributed by atoms with Crippen LogP contribution in [0.5, 0.6) is 17.2 Å². The summed E-state index contributed by atoms with van der Waals surface area (Å²) in [6.07, 6.45) is -5.12. The number of nitrogens with zero attached hydrogens (tertiary/aromatic N) is 1. The van der Waals surface area contributed by atoms with E-state index in [4.69, 9.17) is 23.7 Å². The molecule has 2 aliphatic heterocycles. The van der Waals surface area contributed by atoms with Crippen LogP contribution in [0.25, 0.3) is 0 Å². The van der Waals surface area contributed by atoms with Crippen LogP contribution in [0.1, 0.15) is 75.8 Å². The number of aliphatic hydroxyl groups is 2.